The van der Waals surface area contributed by atoms with Crippen molar-refractivity contribution < 1.29 is 13.9 Å². The molecule has 1 aromatic heterocycles. The van der Waals surface area contributed by atoms with Gasteiger partial charge in [-0.2, -0.15) is 0 Å². The van der Waals surface area contributed by atoms with Gasteiger partial charge in [0.25, 0.3) is 5.91 Å². The van der Waals surface area contributed by atoms with Crippen LogP contribution in [0.1, 0.15) is 16.8 Å². The first-order valence-electron chi connectivity index (χ1n) is 8.37. The molecule has 4 rings (SSSR count). The Kier molecular flexibility index (Phi) is 3.85. The number of amides is 1. The molecule has 1 saturated heterocycles. The lowest BCUT2D eigenvalue weighted by Gasteiger charge is -2.50. The van der Waals surface area contributed by atoms with Crippen molar-refractivity contribution in [2.45, 2.75) is 24.6 Å². The molecule has 2 fully saturated rings. The van der Waals surface area contributed by atoms with Gasteiger partial charge in [-0.3, -0.25) is 9.59 Å². The highest BCUT2D eigenvalue weighted by Crippen LogP contribution is 2.41. The minimum atomic E-state index is -0.506. The average molecular weight is 345 g/mol. The fourth-order valence-electron chi connectivity index (χ4n) is 4.07. The van der Waals surface area contributed by atoms with Crippen LogP contribution >= 0.6 is 0 Å². The summed E-state index contributed by atoms with van der Waals surface area (Å²) in [5.41, 5.74) is 0.0330. The fourth-order valence-corrected chi connectivity index (χ4v) is 4.07. The number of likely N-dealkylation sites (N-methyl/N-ethyl adjacent to an activating group) is 1. The van der Waals surface area contributed by atoms with Crippen LogP contribution in [-0.2, 0) is 4.74 Å². The molecule has 25 heavy (non-hydrogen) atoms. The van der Waals surface area contributed by atoms with Gasteiger partial charge in [-0.1, -0.05) is 0 Å². The predicted molar refractivity (Wildman–Crippen MR) is 91.1 cm³/mol. The molecular weight excluding hydrogens is 325 g/mol. The molecule has 2 aromatic rings. The Hall–Kier alpha value is -2.25. The molecule has 1 aromatic carbocycles. The second-order valence-corrected chi connectivity index (χ2v) is 6.96. The molecule has 6 nitrogen and oxygen atoms in total. The van der Waals surface area contributed by atoms with Gasteiger partial charge < -0.3 is 19.9 Å². The van der Waals surface area contributed by atoms with Crippen LogP contribution in [0.15, 0.2) is 29.2 Å². The first kappa shape index (κ1) is 16.2. The van der Waals surface area contributed by atoms with E-state index in [1.165, 1.54) is 18.3 Å². The van der Waals surface area contributed by atoms with Gasteiger partial charge in [0.2, 0.25) is 5.43 Å². The molecule has 0 unspecified atom stereocenters. The second kappa shape index (κ2) is 5.93. The molecular formula is C18H20FN3O3. The number of ether oxygens (including phenoxy) is 1. The number of rotatable bonds is 3. The lowest BCUT2D eigenvalue weighted by atomic mass is 9.71. The van der Waals surface area contributed by atoms with E-state index < -0.39 is 17.2 Å². The number of benzene rings is 1. The number of halogens is 1. The molecule has 2 heterocycles. The number of carbonyl (C=O) groups excluding carboxylic acids is 1. The number of carbonyl (C=O) groups is 1. The minimum absolute atomic E-state index is 0.00188. The zero-order valence-corrected chi connectivity index (χ0v) is 14.1. The molecule has 2 aliphatic rings. The smallest absolute Gasteiger partial charge is 0.257 e. The van der Waals surface area contributed by atoms with Gasteiger partial charge in [-0.05, 0) is 38.7 Å². The largest absolute Gasteiger partial charge is 0.376 e. The SMILES string of the molecule is CN(C)[C@@H]1[C@@H](NC(=O)c2c[nH]c3ccc(F)cc3c2=O)[C@H]2CCO[C@H]21. The Morgan fingerprint density at radius 1 is 1.40 bits per heavy atom. The Balaban J connectivity index is 1.62. The van der Waals surface area contributed by atoms with Gasteiger partial charge in [0.15, 0.2) is 0 Å². The third-order valence-corrected chi connectivity index (χ3v) is 5.33. The van der Waals surface area contributed by atoms with Crippen molar-refractivity contribution in [2.75, 3.05) is 20.7 Å². The van der Waals surface area contributed by atoms with Gasteiger partial charge in [-0.15, -0.1) is 0 Å². The van der Waals surface area contributed by atoms with Crippen LogP contribution in [0.4, 0.5) is 4.39 Å². The topological polar surface area (TPSA) is 74.4 Å². The zero-order chi connectivity index (χ0) is 17.7. The van der Waals surface area contributed by atoms with Crippen molar-refractivity contribution in [3.63, 3.8) is 0 Å². The Labute approximate surface area is 144 Å². The van der Waals surface area contributed by atoms with Crippen LogP contribution in [0.25, 0.3) is 10.9 Å². The highest BCUT2D eigenvalue weighted by atomic mass is 19.1. The lowest BCUT2D eigenvalue weighted by Crippen LogP contribution is -2.69. The molecule has 7 heteroatoms. The zero-order valence-electron chi connectivity index (χ0n) is 14.1. The van der Waals surface area contributed by atoms with Gasteiger partial charge >= 0.3 is 0 Å². The molecule has 1 aliphatic heterocycles. The Morgan fingerprint density at radius 2 is 2.20 bits per heavy atom. The summed E-state index contributed by atoms with van der Waals surface area (Å²) >= 11 is 0. The summed E-state index contributed by atoms with van der Waals surface area (Å²) in [6.07, 6.45) is 2.42. The van der Waals surface area contributed by atoms with E-state index in [1.54, 1.807) is 0 Å². The van der Waals surface area contributed by atoms with Crippen molar-refractivity contribution in [3.8, 4) is 0 Å². The highest BCUT2D eigenvalue weighted by molar-refractivity contribution is 5.97. The minimum Gasteiger partial charge on any atom is -0.376 e. The summed E-state index contributed by atoms with van der Waals surface area (Å²) in [5.74, 6) is -0.670. The maximum atomic E-state index is 13.4. The molecule has 1 saturated carbocycles. The van der Waals surface area contributed by atoms with Crippen LogP contribution in [0, 0.1) is 11.7 Å². The molecule has 4 atom stereocenters. The molecule has 0 spiro atoms. The van der Waals surface area contributed by atoms with Crippen molar-refractivity contribution in [3.05, 3.63) is 46.0 Å². The number of hydrogen-bond donors (Lipinski definition) is 2. The van der Waals surface area contributed by atoms with Crippen molar-refractivity contribution in [1.29, 1.82) is 0 Å². The third-order valence-electron chi connectivity index (χ3n) is 5.33. The normalized spacial score (nSPS) is 28.0. The van der Waals surface area contributed by atoms with E-state index in [1.807, 2.05) is 19.0 Å². The number of nitrogens with zero attached hydrogens (tertiary/aromatic N) is 1. The summed E-state index contributed by atoms with van der Waals surface area (Å²) in [6.45, 7) is 0.696. The summed E-state index contributed by atoms with van der Waals surface area (Å²) in [4.78, 5) is 30.2. The van der Waals surface area contributed by atoms with Crippen LogP contribution in [0.5, 0.6) is 0 Å². The van der Waals surface area contributed by atoms with Crippen LogP contribution < -0.4 is 10.7 Å². The quantitative estimate of drug-likeness (QED) is 0.874. The number of pyridine rings is 1. The van der Waals surface area contributed by atoms with Gasteiger partial charge in [0, 0.05) is 29.6 Å². The van der Waals surface area contributed by atoms with Crippen LogP contribution in [-0.4, -0.2) is 54.7 Å². The van der Waals surface area contributed by atoms with Gasteiger partial charge in [0.05, 0.1) is 18.2 Å². The summed E-state index contributed by atoms with van der Waals surface area (Å²) in [7, 11) is 3.90. The van der Waals surface area contributed by atoms with Crippen molar-refractivity contribution in [1.82, 2.24) is 15.2 Å². The van der Waals surface area contributed by atoms with Crippen molar-refractivity contribution >= 4 is 16.8 Å². The van der Waals surface area contributed by atoms with Crippen LogP contribution in [0.3, 0.4) is 0 Å². The molecule has 132 valence electrons. The fraction of sp³-hybridized carbons (Fsp3) is 0.444. The lowest BCUT2D eigenvalue weighted by molar-refractivity contribution is -0.0664. The number of H-pyrrole nitrogens is 1. The standard InChI is InChI=1S/C18H20FN3O3/c1-22(2)15-14(10-5-6-25-17(10)15)21-18(24)12-8-20-13-4-3-9(19)7-11(13)16(12)23/h3-4,7-8,10,14-15,17H,5-6H2,1-2H3,(H,20,23)(H,21,24)/t10-,14+,15-,17-/m1/s1. The summed E-state index contributed by atoms with van der Waals surface area (Å²) in [5, 5.41) is 3.15. The van der Waals surface area contributed by atoms with E-state index in [-0.39, 0.29) is 35.1 Å². The number of aromatic amines is 1. The summed E-state index contributed by atoms with van der Waals surface area (Å²) in [6, 6.07) is 3.94. The molecule has 1 amide bonds. The first-order chi connectivity index (χ1) is 12.0. The maximum absolute atomic E-state index is 13.4. The van der Waals surface area contributed by atoms with Crippen molar-refractivity contribution in [2.24, 2.45) is 5.92 Å². The number of aromatic nitrogens is 1. The Morgan fingerprint density at radius 3 is 2.96 bits per heavy atom. The van der Waals surface area contributed by atoms with E-state index in [4.69, 9.17) is 4.74 Å². The number of nitrogens with one attached hydrogen (secondary N) is 2. The van der Waals surface area contributed by atoms with E-state index in [0.29, 0.717) is 12.1 Å². The molecule has 1 aliphatic carbocycles. The van der Waals surface area contributed by atoms with Crippen LogP contribution in [0.2, 0.25) is 0 Å². The highest BCUT2D eigenvalue weighted by Gasteiger charge is 2.55. The number of fused-ring (bicyclic) bond motifs is 2. The molecule has 2 N–H and O–H groups in total. The molecule has 0 radical (unpaired) electrons. The third kappa shape index (κ3) is 2.54. The predicted octanol–water partition coefficient (Wildman–Crippen LogP) is 1.11. The first-order valence-corrected chi connectivity index (χ1v) is 8.37. The number of hydrogen-bond acceptors (Lipinski definition) is 4. The van der Waals surface area contributed by atoms with Gasteiger partial charge in [0.1, 0.15) is 11.4 Å². The second-order valence-electron chi connectivity index (χ2n) is 6.96. The molecule has 0 bridgehead atoms. The average Bonchev–Trinajstić information content (AvgIpc) is 2.96. The Bertz CT molecular complexity index is 895. The van der Waals surface area contributed by atoms with E-state index in [9.17, 15) is 14.0 Å². The van der Waals surface area contributed by atoms with E-state index in [2.05, 4.69) is 10.3 Å². The monoisotopic (exact) mass is 345 g/mol. The van der Waals surface area contributed by atoms with E-state index in [0.717, 1.165) is 12.5 Å². The summed E-state index contributed by atoms with van der Waals surface area (Å²) < 4.78 is 19.2. The van der Waals surface area contributed by atoms with E-state index >= 15 is 0 Å². The van der Waals surface area contributed by atoms with Gasteiger partial charge in [-0.25, -0.2) is 4.39 Å². The maximum Gasteiger partial charge on any atom is 0.257 e.